The fraction of sp³-hybridized carbons (Fsp3) is 0.0455. The van der Waals surface area contributed by atoms with Gasteiger partial charge in [-0.05, 0) is 48.5 Å². The lowest BCUT2D eigenvalue weighted by molar-refractivity contribution is 0.414. The van der Waals surface area contributed by atoms with Gasteiger partial charge in [0.1, 0.15) is 10.6 Å². The summed E-state index contributed by atoms with van der Waals surface area (Å²) in [5, 5.41) is 5.11. The molecule has 0 unspecified atom stereocenters. The first-order valence-corrected chi connectivity index (χ1v) is 10.7. The fourth-order valence-corrected chi connectivity index (χ4v) is 3.88. The van der Waals surface area contributed by atoms with Gasteiger partial charge in [-0.3, -0.25) is 0 Å². The first kappa shape index (κ1) is 20.0. The standard InChI is InChI=1S/C22H17ClN2O4S/c1-28-19-11-13-20(14-12-19)30(26,27)29-22-15-21(16-5-3-2-4-6-16)24-25(22)18-9-7-17(23)8-10-18/h2-15H,1H3. The quantitative estimate of drug-likeness (QED) is 0.396. The lowest BCUT2D eigenvalue weighted by atomic mass is 10.2. The molecule has 0 aliphatic heterocycles. The maximum Gasteiger partial charge on any atom is 0.340 e. The van der Waals surface area contributed by atoms with E-state index in [1.807, 2.05) is 30.3 Å². The number of aromatic nitrogens is 2. The number of benzene rings is 3. The largest absolute Gasteiger partial charge is 0.497 e. The molecule has 6 nitrogen and oxygen atoms in total. The van der Waals surface area contributed by atoms with Gasteiger partial charge in [0.2, 0.25) is 5.88 Å². The zero-order valence-corrected chi connectivity index (χ0v) is 17.5. The highest BCUT2D eigenvalue weighted by Gasteiger charge is 2.22. The molecule has 1 heterocycles. The second-order valence-corrected chi connectivity index (χ2v) is 8.32. The molecule has 152 valence electrons. The lowest BCUT2D eigenvalue weighted by Crippen LogP contribution is -2.12. The van der Waals surface area contributed by atoms with Crippen LogP contribution < -0.4 is 8.92 Å². The summed E-state index contributed by atoms with van der Waals surface area (Å²) in [6.07, 6.45) is 0. The summed E-state index contributed by atoms with van der Waals surface area (Å²) in [7, 11) is -2.58. The number of nitrogens with zero attached hydrogens (tertiary/aromatic N) is 2. The van der Waals surface area contributed by atoms with Crippen molar-refractivity contribution in [1.29, 1.82) is 0 Å². The topological polar surface area (TPSA) is 70.4 Å². The van der Waals surface area contributed by atoms with E-state index in [0.29, 0.717) is 22.2 Å². The van der Waals surface area contributed by atoms with Crippen molar-refractivity contribution in [3.05, 3.63) is 90.0 Å². The number of halogens is 1. The Bertz CT molecular complexity index is 1250. The second kappa shape index (κ2) is 8.22. The molecule has 0 atom stereocenters. The van der Waals surface area contributed by atoms with E-state index in [9.17, 15) is 8.42 Å². The Morgan fingerprint density at radius 3 is 2.20 bits per heavy atom. The Morgan fingerprint density at radius 2 is 1.57 bits per heavy atom. The minimum atomic E-state index is -4.09. The van der Waals surface area contributed by atoms with Crippen LogP contribution in [-0.4, -0.2) is 25.3 Å². The number of hydrogen-bond acceptors (Lipinski definition) is 5. The zero-order valence-electron chi connectivity index (χ0n) is 15.9. The third-order valence-electron chi connectivity index (χ3n) is 4.36. The zero-order chi connectivity index (χ0) is 21.1. The molecule has 0 saturated heterocycles. The summed E-state index contributed by atoms with van der Waals surface area (Å²) < 4.78 is 37.7. The van der Waals surface area contributed by atoms with Crippen LogP contribution in [0.3, 0.4) is 0 Å². The molecule has 0 spiro atoms. The predicted octanol–water partition coefficient (Wildman–Crippen LogP) is 4.97. The fourth-order valence-electron chi connectivity index (χ4n) is 2.84. The van der Waals surface area contributed by atoms with Gasteiger partial charge in [0.25, 0.3) is 0 Å². The van der Waals surface area contributed by atoms with Gasteiger partial charge in [0, 0.05) is 16.7 Å². The molecule has 0 bridgehead atoms. The van der Waals surface area contributed by atoms with Gasteiger partial charge in [-0.1, -0.05) is 41.9 Å². The molecule has 0 saturated carbocycles. The normalized spacial score (nSPS) is 11.3. The van der Waals surface area contributed by atoms with Crippen molar-refractivity contribution in [3.8, 4) is 28.6 Å². The number of hydrogen-bond donors (Lipinski definition) is 0. The Morgan fingerprint density at radius 1 is 0.900 bits per heavy atom. The molecule has 0 aliphatic carbocycles. The van der Waals surface area contributed by atoms with Crippen molar-refractivity contribution in [2.45, 2.75) is 4.90 Å². The van der Waals surface area contributed by atoms with Crippen LogP contribution >= 0.6 is 11.6 Å². The summed E-state index contributed by atoms with van der Waals surface area (Å²) >= 11 is 5.98. The molecule has 3 aromatic carbocycles. The lowest BCUT2D eigenvalue weighted by Gasteiger charge is -2.10. The minimum Gasteiger partial charge on any atom is -0.497 e. The van der Waals surface area contributed by atoms with Crippen LogP contribution in [0, 0.1) is 0 Å². The van der Waals surface area contributed by atoms with Crippen LogP contribution in [0.4, 0.5) is 0 Å². The minimum absolute atomic E-state index is 0.00779. The smallest absolute Gasteiger partial charge is 0.340 e. The predicted molar refractivity (Wildman–Crippen MR) is 115 cm³/mol. The average Bonchev–Trinajstić information content (AvgIpc) is 3.18. The van der Waals surface area contributed by atoms with Crippen molar-refractivity contribution >= 4 is 21.7 Å². The van der Waals surface area contributed by atoms with E-state index in [2.05, 4.69) is 5.10 Å². The Hall–Kier alpha value is -3.29. The molecule has 0 amide bonds. The van der Waals surface area contributed by atoms with Gasteiger partial charge in [0.05, 0.1) is 18.5 Å². The molecule has 0 fully saturated rings. The van der Waals surface area contributed by atoms with Crippen LogP contribution in [0.25, 0.3) is 16.9 Å². The van der Waals surface area contributed by atoms with Crippen molar-refractivity contribution in [2.24, 2.45) is 0 Å². The first-order valence-electron chi connectivity index (χ1n) is 8.96. The summed E-state index contributed by atoms with van der Waals surface area (Å²) in [4.78, 5) is 0.00779. The molecule has 4 aromatic rings. The van der Waals surface area contributed by atoms with Crippen LogP contribution in [0.15, 0.2) is 89.8 Å². The van der Waals surface area contributed by atoms with Crippen LogP contribution in [0.1, 0.15) is 0 Å². The van der Waals surface area contributed by atoms with Gasteiger partial charge in [-0.2, -0.15) is 18.2 Å². The third-order valence-corrected chi connectivity index (χ3v) is 5.85. The summed E-state index contributed by atoms with van der Waals surface area (Å²) in [6.45, 7) is 0. The van der Waals surface area contributed by atoms with Crippen molar-refractivity contribution in [1.82, 2.24) is 9.78 Å². The molecular formula is C22H17ClN2O4S. The van der Waals surface area contributed by atoms with E-state index in [1.54, 1.807) is 42.5 Å². The van der Waals surface area contributed by atoms with E-state index in [4.69, 9.17) is 20.5 Å². The molecule has 0 radical (unpaired) electrons. The van der Waals surface area contributed by atoms with Crippen LogP contribution in [0.2, 0.25) is 5.02 Å². The Labute approximate surface area is 179 Å². The third kappa shape index (κ3) is 4.17. The van der Waals surface area contributed by atoms with E-state index in [0.717, 1.165) is 5.56 Å². The first-order chi connectivity index (χ1) is 14.5. The Kier molecular flexibility index (Phi) is 5.48. The highest BCUT2D eigenvalue weighted by molar-refractivity contribution is 7.87. The molecule has 8 heteroatoms. The molecule has 4 rings (SSSR count). The van der Waals surface area contributed by atoms with Crippen LogP contribution in [-0.2, 0) is 10.1 Å². The Balaban J connectivity index is 1.77. The molecule has 1 aromatic heterocycles. The monoisotopic (exact) mass is 440 g/mol. The maximum atomic E-state index is 12.9. The van der Waals surface area contributed by atoms with E-state index in [-0.39, 0.29) is 10.8 Å². The van der Waals surface area contributed by atoms with Crippen LogP contribution in [0.5, 0.6) is 11.6 Å². The molecular weight excluding hydrogens is 424 g/mol. The highest BCUT2D eigenvalue weighted by Crippen LogP contribution is 2.29. The summed E-state index contributed by atoms with van der Waals surface area (Å²) in [6, 6.07) is 23.8. The van der Waals surface area contributed by atoms with Gasteiger partial charge < -0.3 is 8.92 Å². The SMILES string of the molecule is COc1ccc(S(=O)(=O)Oc2cc(-c3ccccc3)nn2-c2ccc(Cl)cc2)cc1. The number of ether oxygens (including phenoxy) is 1. The maximum absolute atomic E-state index is 12.9. The highest BCUT2D eigenvalue weighted by atomic mass is 35.5. The molecule has 30 heavy (non-hydrogen) atoms. The average molecular weight is 441 g/mol. The van der Waals surface area contributed by atoms with Crippen molar-refractivity contribution < 1.29 is 17.3 Å². The van der Waals surface area contributed by atoms with Crippen molar-refractivity contribution in [3.63, 3.8) is 0 Å². The van der Waals surface area contributed by atoms with Gasteiger partial charge in [0.15, 0.2) is 0 Å². The van der Waals surface area contributed by atoms with Gasteiger partial charge >= 0.3 is 10.1 Å². The number of rotatable bonds is 6. The van der Waals surface area contributed by atoms with E-state index >= 15 is 0 Å². The van der Waals surface area contributed by atoms with E-state index in [1.165, 1.54) is 23.9 Å². The number of methoxy groups -OCH3 is 1. The summed E-state index contributed by atoms with van der Waals surface area (Å²) in [5.41, 5.74) is 2.02. The summed E-state index contributed by atoms with van der Waals surface area (Å²) in [5.74, 6) is 0.610. The van der Waals surface area contributed by atoms with Gasteiger partial charge in [-0.15, -0.1) is 0 Å². The molecule has 0 N–H and O–H groups in total. The molecule has 0 aliphatic rings. The second-order valence-electron chi connectivity index (χ2n) is 6.34. The van der Waals surface area contributed by atoms with E-state index < -0.39 is 10.1 Å². The van der Waals surface area contributed by atoms with Gasteiger partial charge in [-0.25, -0.2) is 0 Å². The van der Waals surface area contributed by atoms with Crippen molar-refractivity contribution in [2.75, 3.05) is 7.11 Å².